The third-order valence-electron chi connectivity index (χ3n) is 4.25. The van der Waals surface area contributed by atoms with E-state index in [-0.39, 0.29) is 35.8 Å². The number of guanidine groups is 1. The maximum Gasteiger partial charge on any atom is 0.387 e. The van der Waals surface area contributed by atoms with Gasteiger partial charge in [-0.1, -0.05) is 12.1 Å². The van der Waals surface area contributed by atoms with Crippen LogP contribution in [0, 0.1) is 6.92 Å². The highest BCUT2D eigenvalue weighted by Gasteiger charge is 2.26. The zero-order valence-electron chi connectivity index (χ0n) is 15.7. The molecule has 0 radical (unpaired) electrons. The molecule has 6 nitrogen and oxygen atoms in total. The monoisotopic (exact) mass is 523 g/mol. The number of aliphatic imine (C=N–C) groups is 1. The molecule has 0 saturated carbocycles. The van der Waals surface area contributed by atoms with Gasteiger partial charge in [-0.05, 0) is 25.5 Å². The Labute approximate surface area is 184 Å². The van der Waals surface area contributed by atoms with Gasteiger partial charge in [0.05, 0.1) is 12.2 Å². The summed E-state index contributed by atoms with van der Waals surface area (Å²) in [7, 11) is 1.72. The minimum Gasteiger partial charge on any atom is -0.433 e. The number of ether oxygens (including phenoxy) is 1. The van der Waals surface area contributed by atoms with Crippen LogP contribution in [-0.2, 0) is 6.54 Å². The molecule has 0 spiro atoms. The molecule has 2 N–H and O–H groups in total. The molecule has 1 aromatic heterocycles. The lowest BCUT2D eigenvalue weighted by Gasteiger charge is -2.22. The predicted octanol–water partition coefficient (Wildman–Crippen LogP) is 3.61. The lowest BCUT2D eigenvalue weighted by molar-refractivity contribution is -0.0495. The van der Waals surface area contributed by atoms with Crippen LogP contribution in [-0.4, -0.2) is 43.7 Å². The van der Waals surface area contributed by atoms with Crippen LogP contribution in [0.15, 0.2) is 35.5 Å². The van der Waals surface area contributed by atoms with Crippen LogP contribution < -0.4 is 20.3 Å². The third-order valence-corrected chi connectivity index (χ3v) is 5.16. The predicted molar refractivity (Wildman–Crippen MR) is 119 cm³/mol. The Morgan fingerprint density at radius 3 is 2.89 bits per heavy atom. The number of halogens is 3. The summed E-state index contributed by atoms with van der Waals surface area (Å²) in [5, 5.41) is 7.65. The van der Waals surface area contributed by atoms with Gasteiger partial charge < -0.3 is 20.3 Å². The van der Waals surface area contributed by atoms with Crippen LogP contribution in [0.25, 0.3) is 0 Å². The van der Waals surface area contributed by atoms with Gasteiger partial charge >= 0.3 is 6.61 Å². The number of thiazole rings is 1. The number of para-hydroxylation sites is 2. The number of anilines is 1. The Hall–Kier alpha value is -1.69. The van der Waals surface area contributed by atoms with Crippen molar-refractivity contribution in [2.24, 2.45) is 4.99 Å². The number of aryl methyl sites for hydroxylation is 1. The fourth-order valence-electron chi connectivity index (χ4n) is 3.04. The molecule has 10 heteroatoms. The standard InChI is InChI=1S/C18H23F2N5OS.HI/c1-12-9-22-16(27-12)10-23-18(21-2)24-13-7-8-25(11-13)14-5-3-4-6-15(14)26-17(19)20;/h3-6,9,13,17H,7-8,10-11H2,1-2H3,(H2,21,23,24);1H. The second-order valence-corrected chi connectivity index (χ2v) is 7.53. The maximum absolute atomic E-state index is 12.6. The number of nitrogens with zero attached hydrogens (tertiary/aromatic N) is 3. The van der Waals surface area contributed by atoms with E-state index in [0.29, 0.717) is 24.7 Å². The molecule has 0 bridgehead atoms. The number of benzene rings is 1. The molecule has 1 atom stereocenters. The first-order valence-electron chi connectivity index (χ1n) is 8.72. The number of nitrogens with one attached hydrogen (secondary N) is 2. The molecule has 0 aliphatic carbocycles. The zero-order chi connectivity index (χ0) is 19.2. The minimum absolute atomic E-state index is 0. The second-order valence-electron chi connectivity index (χ2n) is 6.21. The fraction of sp³-hybridized carbons (Fsp3) is 0.444. The van der Waals surface area contributed by atoms with Gasteiger partial charge in [0.2, 0.25) is 0 Å². The van der Waals surface area contributed by atoms with Crippen molar-refractivity contribution in [1.29, 1.82) is 0 Å². The zero-order valence-corrected chi connectivity index (χ0v) is 18.8. The van der Waals surface area contributed by atoms with E-state index in [1.54, 1.807) is 36.6 Å². The fourth-order valence-corrected chi connectivity index (χ4v) is 3.77. The van der Waals surface area contributed by atoms with Crippen molar-refractivity contribution in [1.82, 2.24) is 15.6 Å². The SMILES string of the molecule is CN=C(NCc1ncc(C)s1)NC1CCN(c2ccccc2OC(F)F)C1.I. The lowest BCUT2D eigenvalue weighted by atomic mass is 10.2. The van der Waals surface area contributed by atoms with Crippen molar-refractivity contribution in [3.8, 4) is 5.75 Å². The lowest BCUT2D eigenvalue weighted by Crippen LogP contribution is -2.44. The molecule has 0 amide bonds. The molecule has 154 valence electrons. The van der Waals surface area contributed by atoms with Crippen LogP contribution >= 0.6 is 35.3 Å². The molecule has 1 aromatic carbocycles. The highest BCUT2D eigenvalue weighted by atomic mass is 127. The van der Waals surface area contributed by atoms with Gasteiger partial charge in [0, 0.05) is 37.3 Å². The summed E-state index contributed by atoms with van der Waals surface area (Å²) < 4.78 is 29.9. The van der Waals surface area contributed by atoms with Crippen molar-refractivity contribution < 1.29 is 13.5 Å². The summed E-state index contributed by atoms with van der Waals surface area (Å²) in [5.41, 5.74) is 0.684. The quantitative estimate of drug-likeness (QED) is 0.344. The summed E-state index contributed by atoms with van der Waals surface area (Å²) in [4.78, 5) is 11.8. The van der Waals surface area contributed by atoms with Gasteiger partial charge in [-0.3, -0.25) is 4.99 Å². The summed E-state index contributed by atoms with van der Waals surface area (Å²) in [5.74, 6) is 0.904. The van der Waals surface area contributed by atoms with E-state index < -0.39 is 6.61 Å². The number of hydrogen-bond donors (Lipinski definition) is 2. The summed E-state index contributed by atoms with van der Waals surface area (Å²) >= 11 is 1.65. The Morgan fingerprint density at radius 2 is 2.21 bits per heavy atom. The van der Waals surface area contributed by atoms with Crippen molar-refractivity contribution in [2.45, 2.75) is 32.5 Å². The maximum atomic E-state index is 12.6. The summed E-state index contributed by atoms with van der Waals surface area (Å²) in [6.45, 7) is 1.24. The van der Waals surface area contributed by atoms with Crippen molar-refractivity contribution in [2.75, 3.05) is 25.0 Å². The van der Waals surface area contributed by atoms with E-state index in [1.165, 1.54) is 4.88 Å². The van der Waals surface area contributed by atoms with Crippen molar-refractivity contribution >= 4 is 47.0 Å². The molecule has 1 aliphatic heterocycles. The van der Waals surface area contributed by atoms with E-state index in [4.69, 9.17) is 0 Å². The van der Waals surface area contributed by atoms with E-state index in [2.05, 4.69) is 25.3 Å². The highest BCUT2D eigenvalue weighted by molar-refractivity contribution is 14.0. The molecule has 28 heavy (non-hydrogen) atoms. The van der Waals surface area contributed by atoms with Crippen LogP contribution in [0.3, 0.4) is 0 Å². The topological polar surface area (TPSA) is 61.8 Å². The molecular weight excluding hydrogens is 499 g/mol. The highest BCUT2D eigenvalue weighted by Crippen LogP contribution is 2.31. The molecule has 2 heterocycles. The van der Waals surface area contributed by atoms with E-state index in [0.717, 1.165) is 18.0 Å². The Balaban J connectivity index is 0.00000280. The number of alkyl halides is 2. The van der Waals surface area contributed by atoms with Gasteiger partial charge in [-0.15, -0.1) is 35.3 Å². The summed E-state index contributed by atoms with van der Waals surface area (Å²) in [6.07, 6.45) is 2.73. The average molecular weight is 523 g/mol. The Kier molecular flexibility index (Phi) is 8.67. The molecular formula is C18H24F2IN5OS. The van der Waals surface area contributed by atoms with E-state index in [1.807, 2.05) is 24.1 Å². The van der Waals surface area contributed by atoms with Gasteiger partial charge in [0.1, 0.15) is 10.8 Å². The van der Waals surface area contributed by atoms with Crippen molar-refractivity contribution in [3.63, 3.8) is 0 Å². The Morgan fingerprint density at radius 1 is 1.43 bits per heavy atom. The van der Waals surface area contributed by atoms with Crippen LogP contribution in [0.2, 0.25) is 0 Å². The van der Waals surface area contributed by atoms with Crippen LogP contribution in [0.4, 0.5) is 14.5 Å². The van der Waals surface area contributed by atoms with Crippen molar-refractivity contribution in [3.05, 3.63) is 40.3 Å². The average Bonchev–Trinajstić information content (AvgIpc) is 3.27. The first-order chi connectivity index (χ1) is 13.0. The van der Waals surface area contributed by atoms with E-state index in [9.17, 15) is 8.78 Å². The van der Waals surface area contributed by atoms with E-state index >= 15 is 0 Å². The Bertz CT molecular complexity index is 789. The van der Waals surface area contributed by atoms with Gasteiger partial charge in [0.25, 0.3) is 0 Å². The van der Waals surface area contributed by atoms with Gasteiger partial charge in [0.15, 0.2) is 5.96 Å². The summed E-state index contributed by atoms with van der Waals surface area (Å²) in [6, 6.07) is 7.05. The van der Waals surface area contributed by atoms with Gasteiger partial charge in [-0.25, -0.2) is 4.98 Å². The third kappa shape index (κ3) is 6.16. The normalized spacial score (nSPS) is 16.8. The molecule has 1 aliphatic rings. The second kappa shape index (κ2) is 10.7. The first kappa shape index (κ1) is 22.6. The smallest absolute Gasteiger partial charge is 0.387 e. The molecule has 1 saturated heterocycles. The molecule has 1 fully saturated rings. The molecule has 2 aromatic rings. The van der Waals surface area contributed by atoms with Gasteiger partial charge in [-0.2, -0.15) is 8.78 Å². The molecule has 1 unspecified atom stereocenters. The van der Waals surface area contributed by atoms with Crippen LogP contribution in [0.1, 0.15) is 16.3 Å². The van der Waals surface area contributed by atoms with Crippen LogP contribution in [0.5, 0.6) is 5.75 Å². The molecule has 3 rings (SSSR count). The first-order valence-corrected chi connectivity index (χ1v) is 9.54. The number of hydrogen-bond acceptors (Lipinski definition) is 5. The minimum atomic E-state index is -2.83. The number of rotatable bonds is 6. The largest absolute Gasteiger partial charge is 0.433 e. The number of aromatic nitrogens is 1.